The predicted molar refractivity (Wildman–Crippen MR) is 80.9 cm³/mol. The Hall–Kier alpha value is -0.280. The zero-order valence-electron chi connectivity index (χ0n) is 11.3. The fourth-order valence-electron chi connectivity index (χ4n) is 2.79. The quantitative estimate of drug-likeness (QED) is 0.877. The number of halogens is 2. The Kier molecular flexibility index (Phi) is 5.52. The monoisotopic (exact) mass is 301 g/mol. The Morgan fingerprint density at radius 3 is 2.68 bits per heavy atom. The predicted octanol–water partition coefficient (Wildman–Crippen LogP) is 4.29. The molecule has 0 heterocycles. The molecule has 1 saturated carbocycles. The minimum absolute atomic E-state index is 0.472. The summed E-state index contributed by atoms with van der Waals surface area (Å²) < 4.78 is 0. The van der Waals surface area contributed by atoms with Crippen molar-refractivity contribution in [3.8, 4) is 0 Å². The van der Waals surface area contributed by atoms with Crippen molar-refractivity contribution in [2.24, 2.45) is 0 Å². The molecule has 1 aliphatic rings. The van der Waals surface area contributed by atoms with Crippen molar-refractivity contribution < 1.29 is 5.11 Å². The van der Waals surface area contributed by atoms with E-state index in [-0.39, 0.29) is 0 Å². The lowest BCUT2D eigenvalue weighted by atomic mass is 10.1. The molecule has 1 aromatic rings. The molecule has 1 N–H and O–H groups in total. The first-order valence-corrected chi connectivity index (χ1v) is 7.67. The topological polar surface area (TPSA) is 23.5 Å². The molecule has 0 spiro atoms. The van der Waals surface area contributed by atoms with E-state index in [1.165, 1.54) is 25.7 Å². The van der Waals surface area contributed by atoms with E-state index in [4.69, 9.17) is 23.2 Å². The van der Waals surface area contributed by atoms with E-state index in [9.17, 15) is 5.11 Å². The van der Waals surface area contributed by atoms with Gasteiger partial charge in [0.05, 0.1) is 16.1 Å². The number of aliphatic hydroxyl groups excluding tert-OH is 1. The van der Waals surface area contributed by atoms with Crippen LogP contribution in [0.25, 0.3) is 0 Å². The first-order chi connectivity index (χ1) is 9.09. The second kappa shape index (κ2) is 6.94. The van der Waals surface area contributed by atoms with Gasteiger partial charge in [0.25, 0.3) is 0 Å². The van der Waals surface area contributed by atoms with Gasteiger partial charge in [0.15, 0.2) is 0 Å². The first kappa shape index (κ1) is 15.1. The van der Waals surface area contributed by atoms with E-state index >= 15 is 0 Å². The maximum Gasteiger partial charge on any atom is 0.0817 e. The summed E-state index contributed by atoms with van der Waals surface area (Å²) in [5, 5.41) is 11.2. The third kappa shape index (κ3) is 3.85. The van der Waals surface area contributed by atoms with Crippen molar-refractivity contribution in [1.82, 2.24) is 4.90 Å². The summed E-state index contributed by atoms with van der Waals surface area (Å²) >= 11 is 12.1. The third-order valence-corrected chi connectivity index (χ3v) is 4.88. The molecule has 0 aliphatic heterocycles. The van der Waals surface area contributed by atoms with Crippen molar-refractivity contribution >= 4 is 23.2 Å². The molecule has 19 heavy (non-hydrogen) atoms. The Morgan fingerprint density at radius 1 is 1.32 bits per heavy atom. The molecule has 0 bridgehead atoms. The van der Waals surface area contributed by atoms with Crippen LogP contribution in [-0.4, -0.2) is 29.6 Å². The maximum atomic E-state index is 10.2. The molecule has 106 valence electrons. The molecule has 4 heteroatoms. The fraction of sp³-hybridized carbons (Fsp3) is 0.600. The summed E-state index contributed by atoms with van der Waals surface area (Å²) in [5.74, 6) is 0. The van der Waals surface area contributed by atoms with Crippen LogP contribution in [0.5, 0.6) is 0 Å². The second-order valence-corrected chi connectivity index (χ2v) is 6.15. The highest BCUT2D eigenvalue weighted by molar-refractivity contribution is 6.42. The van der Waals surface area contributed by atoms with Crippen molar-refractivity contribution in [3.05, 3.63) is 33.8 Å². The van der Waals surface area contributed by atoms with E-state index in [1.54, 1.807) is 6.07 Å². The van der Waals surface area contributed by atoms with E-state index in [0.29, 0.717) is 22.5 Å². The van der Waals surface area contributed by atoms with Crippen LogP contribution in [0.4, 0.5) is 0 Å². The lowest BCUT2D eigenvalue weighted by molar-refractivity contribution is 0.137. The van der Waals surface area contributed by atoms with Gasteiger partial charge in [0, 0.05) is 18.2 Å². The van der Waals surface area contributed by atoms with Crippen molar-refractivity contribution in [2.75, 3.05) is 13.6 Å². The van der Waals surface area contributed by atoms with Gasteiger partial charge in [0.1, 0.15) is 0 Å². The molecular weight excluding hydrogens is 281 g/mol. The van der Waals surface area contributed by atoms with Crippen LogP contribution >= 0.6 is 23.2 Å². The molecular formula is C15H21Cl2NO. The van der Waals surface area contributed by atoms with Gasteiger partial charge in [-0.1, -0.05) is 48.2 Å². The van der Waals surface area contributed by atoms with E-state index in [2.05, 4.69) is 11.9 Å². The molecule has 1 unspecified atom stereocenters. The van der Waals surface area contributed by atoms with Gasteiger partial charge in [-0.2, -0.15) is 0 Å². The minimum atomic E-state index is -0.546. The Morgan fingerprint density at radius 2 is 2.00 bits per heavy atom. The molecule has 1 fully saturated rings. The number of hydrogen-bond donors (Lipinski definition) is 1. The van der Waals surface area contributed by atoms with E-state index in [0.717, 1.165) is 12.1 Å². The normalized spacial score (nSPS) is 18.2. The number of aliphatic hydroxyl groups is 1. The molecule has 1 atom stereocenters. The average Bonchev–Trinajstić information content (AvgIpc) is 2.93. The number of rotatable bonds is 5. The summed E-state index contributed by atoms with van der Waals surface area (Å²) in [5.41, 5.74) is 0.731. The molecule has 1 aliphatic carbocycles. The van der Waals surface area contributed by atoms with E-state index in [1.807, 2.05) is 12.1 Å². The molecule has 0 aromatic heterocycles. The minimum Gasteiger partial charge on any atom is -0.388 e. The van der Waals surface area contributed by atoms with Crippen LogP contribution in [0.15, 0.2) is 18.2 Å². The van der Waals surface area contributed by atoms with Crippen molar-refractivity contribution in [2.45, 2.75) is 44.2 Å². The first-order valence-electron chi connectivity index (χ1n) is 6.92. The van der Waals surface area contributed by atoms with Gasteiger partial charge < -0.3 is 10.0 Å². The highest BCUT2D eigenvalue weighted by atomic mass is 35.5. The smallest absolute Gasteiger partial charge is 0.0817 e. The molecule has 2 nitrogen and oxygen atoms in total. The standard InChI is InChI=1S/C15H21Cl2NO/c1-18(11-5-2-3-6-11)10-9-14(19)12-7-4-8-13(16)15(12)17/h4,7-8,11,14,19H,2-3,5-6,9-10H2,1H3. The molecule has 0 radical (unpaired) electrons. The van der Waals surface area contributed by atoms with Gasteiger partial charge >= 0.3 is 0 Å². The van der Waals surface area contributed by atoms with Crippen molar-refractivity contribution in [1.29, 1.82) is 0 Å². The lowest BCUT2D eigenvalue weighted by Gasteiger charge is -2.25. The summed E-state index contributed by atoms with van der Waals surface area (Å²) in [6.45, 7) is 0.884. The summed E-state index contributed by atoms with van der Waals surface area (Å²) in [4.78, 5) is 2.36. The fourth-order valence-corrected chi connectivity index (χ4v) is 3.22. The molecule has 2 rings (SSSR count). The molecule has 0 amide bonds. The van der Waals surface area contributed by atoms with Gasteiger partial charge in [-0.05, 0) is 32.4 Å². The van der Waals surface area contributed by atoms with E-state index < -0.39 is 6.10 Å². The second-order valence-electron chi connectivity index (χ2n) is 5.37. The van der Waals surface area contributed by atoms with Gasteiger partial charge in [-0.15, -0.1) is 0 Å². The number of nitrogens with zero attached hydrogens (tertiary/aromatic N) is 1. The van der Waals surface area contributed by atoms with Gasteiger partial charge in [-0.3, -0.25) is 0 Å². The molecule has 0 saturated heterocycles. The largest absolute Gasteiger partial charge is 0.388 e. The Balaban J connectivity index is 1.90. The number of hydrogen-bond acceptors (Lipinski definition) is 2. The van der Waals surface area contributed by atoms with Gasteiger partial charge in [0.2, 0.25) is 0 Å². The highest BCUT2D eigenvalue weighted by Crippen LogP contribution is 2.31. The lowest BCUT2D eigenvalue weighted by Crippen LogP contribution is -2.30. The average molecular weight is 302 g/mol. The summed E-state index contributed by atoms with van der Waals surface area (Å²) in [6, 6.07) is 6.09. The maximum absolute atomic E-state index is 10.2. The number of benzene rings is 1. The summed E-state index contributed by atoms with van der Waals surface area (Å²) in [6.07, 6.45) is 5.37. The Bertz CT molecular complexity index is 419. The van der Waals surface area contributed by atoms with Crippen molar-refractivity contribution in [3.63, 3.8) is 0 Å². The highest BCUT2D eigenvalue weighted by Gasteiger charge is 2.21. The van der Waals surface area contributed by atoms with Crippen LogP contribution in [0.2, 0.25) is 10.0 Å². The SMILES string of the molecule is CN(CCC(O)c1cccc(Cl)c1Cl)C1CCCC1. The Labute approximate surface area is 125 Å². The van der Waals surface area contributed by atoms with Crippen LogP contribution < -0.4 is 0 Å². The van der Waals surface area contributed by atoms with Crippen LogP contribution in [0, 0.1) is 0 Å². The van der Waals surface area contributed by atoms with Gasteiger partial charge in [-0.25, -0.2) is 0 Å². The van der Waals surface area contributed by atoms with Crippen LogP contribution in [-0.2, 0) is 0 Å². The van der Waals surface area contributed by atoms with Crippen LogP contribution in [0.1, 0.15) is 43.8 Å². The zero-order chi connectivity index (χ0) is 13.8. The summed E-state index contributed by atoms with van der Waals surface area (Å²) in [7, 11) is 2.14. The van der Waals surface area contributed by atoms with Crippen LogP contribution in [0.3, 0.4) is 0 Å². The molecule has 1 aromatic carbocycles. The zero-order valence-corrected chi connectivity index (χ0v) is 12.8. The third-order valence-electron chi connectivity index (χ3n) is 4.04.